The van der Waals surface area contributed by atoms with Crippen LogP contribution in [-0.2, 0) is 10.0 Å². The van der Waals surface area contributed by atoms with Gasteiger partial charge in [-0.05, 0) is 31.9 Å². The second-order valence-electron chi connectivity index (χ2n) is 4.22. The SMILES string of the molecule is CCS(=O)(=O)Nc1ccccc1N1CCCC1. The fourth-order valence-electron chi connectivity index (χ4n) is 2.03. The van der Waals surface area contributed by atoms with Crippen molar-refractivity contribution in [3.63, 3.8) is 0 Å². The molecule has 0 spiro atoms. The molecule has 1 saturated heterocycles. The highest BCUT2D eigenvalue weighted by Crippen LogP contribution is 2.29. The van der Waals surface area contributed by atoms with Crippen LogP contribution in [0.4, 0.5) is 11.4 Å². The molecule has 1 aromatic carbocycles. The third kappa shape index (κ3) is 2.91. The second-order valence-corrected chi connectivity index (χ2v) is 6.23. The fraction of sp³-hybridized carbons (Fsp3) is 0.500. The molecule has 1 aliphatic rings. The first-order chi connectivity index (χ1) is 8.12. The Morgan fingerprint density at radius 3 is 2.53 bits per heavy atom. The summed E-state index contributed by atoms with van der Waals surface area (Å²) in [6.07, 6.45) is 2.35. The summed E-state index contributed by atoms with van der Waals surface area (Å²) < 4.78 is 25.9. The third-order valence-electron chi connectivity index (χ3n) is 3.00. The largest absolute Gasteiger partial charge is 0.370 e. The summed E-state index contributed by atoms with van der Waals surface area (Å²) in [6.45, 7) is 3.65. The molecule has 17 heavy (non-hydrogen) atoms. The van der Waals surface area contributed by atoms with E-state index in [9.17, 15) is 8.42 Å². The van der Waals surface area contributed by atoms with E-state index in [4.69, 9.17) is 0 Å². The molecular formula is C12H18N2O2S. The van der Waals surface area contributed by atoms with Crippen molar-refractivity contribution in [1.29, 1.82) is 0 Å². The Hall–Kier alpha value is -1.23. The van der Waals surface area contributed by atoms with E-state index in [1.54, 1.807) is 6.92 Å². The summed E-state index contributed by atoms with van der Waals surface area (Å²) in [7, 11) is -3.20. The van der Waals surface area contributed by atoms with Gasteiger partial charge in [-0.15, -0.1) is 0 Å². The van der Waals surface area contributed by atoms with Crippen molar-refractivity contribution in [3.8, 4) is 0 Å². The molecule has 0 bridgehead atoms. The predicted octanol–water partition coefficient (Wildman–Crippen LogP) is 2.05. The predicted molar refractivity (Wildman–Crippen MR) is 71.0 cm³/mol. The first kappa shape index (κ1) is 12.2. The Balaban J connectivity index is 2.27. The van der Waals surface area contributed by atoms with Gasteiger partial charge in [0.05, 0.1) is 17.1 Å². The molecule has 2 rings (SSSR count). The Morgan fingerprint density at radius 2 is 1.88 bits per heavy atom. The van der Waals surface area contributed by atoms with Crippen molar-refractivity contribution < 1.29 is 8.42 Å². The fourth-order valence-corrected chi connectivity index (χ4v) is 2.69. The summed E-state index contributed by atoms with van der Waals surface area (Å²) in [6, 6.07) is 7.59. The molecule has 0 aliphatic carbocycles. The Morgan fingerprint density at radius 1 is 1.24 bits per heavy atom. The van der Waals surface area contributed by atoms with Crippen LogP contribution in [0.1, 0.15) is 19.8 Å². The lowest BCUT2D eigenvalue weighted by Gasteiger charge is -2.21. The van der Waals surface area contributed by atoms with Crippen LogP contribution in [0, 0.1) is 0 Å². The van der Waals surface area contributed by atoms with Gasteiger partial charge in [-0.1, -0.05) is 12.1 Å². The maximum atomic E-state index is 11.6. The van der Waals surface area contributed by atoms with Crippen LogP contribution < -0.4 is 9.62 Å². The van der Waals surface area contributed by atoms with E-state index in [1.165, 1.54) is 12.8 Å². The summed E-state index contributed by atoms with van der Waals surface area (Å²) in [5.41, 5.74) is 1.68. The average Bonchev–Trinajstić information content (AvgIpc) is 2.83. The minimum absolute atomic E-state index is 0.0985. The number of benzene rings is 1. The van der Waals surface area contributed by atoms with E-state index in [0.29, 0.717) is 5.69 Å². The number of para-hydroxylation sites is 2. The van der Waals surface area contributed by atoms with Gasteiger partial charge in [0.25, 0.3) is 0 Å². The first-order valence-corrected chi connectivity index (χ1v) is 7.62. The zero-order valence-corrected chi connectivity index (χ0v) is 10.8. The minimum Gasteiger partial charge on any atom is -0.370 e. The van der Waals surface area contributed by atoms with Crippen LogP contribution in [0.25, 0.3) is 0 Å². The van der Waals surface area contributed by atoms with Gasteiger partial charge >= 0.3 is 0 Å². The van der Waals surface area contributed by atoms with Gasteiger partial charge in [0.2, 0.25) is 10.0 Å². The number of hydrogen-bond donors (Lipinski definition) is 1. The highest BCUT2D eigenvalue weighted by atomic mass is 32.2. The van der Waals surface area contributed by atoms with Crippen LogP contribution in [0.2, 0.25) is 0 Å². The van der Waals surface area contributed by atoms with E-state index >= 15 is 0 Å². The molecule has 0 amide bonds. The topological polar surface area (TPSA) is 49.4 Å². The Labute approximate surface area is 103 Å². The van der Waals surface area contributed by atoms with Crippen LogP contribution in [0.5, 0.6) is 0 Å². The molecule has 5 heteroatoms. The van der Waals surface area contributed by atoms with Gasteiger partial charge in [0, 0.05) is 13.1 Å². The lowest BCUT2D eigenvalue weighted by Crippen LogP contribution is -2.21. The summed E-state index contributed by atoms with van der Waals surface area (Å²) in [5, 5.41) is 0. The molecule has 1 aromatic rings. The number of rotatable bonds is 4. The molecule has 0 radical (unpaired) electrons. The molecule has 1 N–H and O–H groups in total. The summed E-state index contributed by atoms with van der Waals surface area (Å²) in [4.78, 5) is 2.23. The van der Waals surface area contributed by atoms with E-state index in [0.717, 1.165) is 18.8 Å². The van der Waals surface area contributed by atoms with E-state index in [1.807, 2.05) is 24.3 Å². The van der Waals surface area contributed by atoms with Crippen molar-refractivity contribution in [2.75, 3.05) is 28.5 Å². The molecule has 0 saturated carbocycles. The third-order valence-corrected chi connectivity index (χ3v) is 4.29. The maximum Gasteiger partial charge on any atom is 0.232 e. The molecule has 1 aliphatic heterocycles. The molecule has 0 unspecified atom stereocenters. The maximum absolute atomic E-state index is 11.6. The second kappa shape index (κ2) is 4.96. The van der Waals surface area contributed by atoms with Crippen molar-refractivity contribution in [1.82, 2.24) is 0 Å². The normalized spacial score (nSPS) is 16.2. The first-order valence-electron chi connectivity index (χ1n) is 5.97. The molecule has 1 fully saturated rings. The lowest BCUT2D eigenvalue weighted by atomic mass is 10.2. The zero-order chi connectivity index (χ0) is 12.3. The Bertz CT molecular complexity index is 479. The van der Waals surface area contributed by atoms with Gasteiger partial charge in [-0.2, -0.15) is 0 Å². The van der Waals surface area contributed by atoms with Gasteiger partial charge in [0.1, 0.15) is 0 Å². The minimum atomic E-state index is -3.20. The van der Waals surface area contributed by atoms with Crippen LogP contribution in [-0.4, -0.2) is 27.3 Å². The molecule has 4 nitrogen and oxygen atoms in total. The van der Waals surface area contributed by atoms with Crippen LogP contribution in [0.15, 0.2) is 24.3 Å². The number of nitrogens with zero attached hydrogens (tertiary/aromatic N) is 1. The van der Waals surface area contributed by atoms with Gasteiger partial charge in [-0.25, -0.2) is 8.42 Å². The van der Waals surface area contributed by atoms with Crippen molar-refractivity contribution in [2.45, 2.75) is 19.8 Å². The molecule has 0 atom stereocenters. The number of nitrogens with one attached hydrogen (secondary N) is 1. The quantitative estimate of drug-likeness (QED) is 0.894. The standard InChI is InChI=1S/C12H18N2O2S/c1-2-17(15,16)13-11-7-3-4-8-12(11)14-9-5-6-10-14/h3-4,7-8,13H,2,5-6,9-10H2,1H3. The smallest absolute Gasteiger partial charge is 0.232 e. The van der Waals surface area contributed by atoms with Crippen molar-refractivity contribution >= 4 is 21.4 Å². The van der Waals surface area contributed by atoms with E-state index in [-0.39, 0.29) is 5.75 Å². The molecule has 0 aromatic heterocycles. The molecule has 1 heterocycles. The average molecular weight is 254 g/mol. The van der Waals surface area contributed by atoms with Gasteiger partial charge in [-0.3, -0.25) is 4.72 Å². The molecule has 94 valence electrons. The van der Waals surface area contributed by atoms with E-state index < -0.39 is 10.0 Å². The van der Waals surface area contributed by atoms with Crippen LogP contribution >= 0.6 is 0 Å². The van der Waals surface area contributed by atoms with Crippen molar-refractivity contribution in [2.24, 2.45) is 0 Å². The highest BCUT2D eigenvalue weighted by molar-refractivity contribution is 7.92. The highest BCUT2D eigenvalue weighted by Gasteiger charge is 2.17. The van der Waals surface area contributed by atoms with Gasteiger partial charge in [0.15, 0.2) is 0 Å². The number of hydrogen-bond acceptors (Lipinski definition) is 3. The lowest BCUT2D eigenvalue weighted by molar-refractivity contribution is 0.602. The summed E-state index contributed by atoms with van der Waals surface area (Å²) in [5.74, 6) is 0.0985. The van der Waals surface area contributed by atoms with Crippen LogP contribution in [0.3, 0.4) is 0 Å². The summed E-state index contributed by atoms with van der Waals surface area (Å²) >= 11 is 0. The van der Waals surface area contributed by atoms with Gasteiger partial charge < -0.3 is 4.90 Å². The van der Waals surface area contributed by atoms with Crippen molar-refractivity contribution in [3.05, 3.63) is 24.3 Å². The number of sulfonamides is 1. The molecular weight excluding hydrogens is 236 g/mol. The Kier molecular flexibility index (Phi) is 3.57. The van der Waals surface area contributed by atoms with E-state index in [2.05, 4.69) is 9.62 Å². The number of anilines is 2. The zero-order valence-electron chi connectivity index (χ0n) is 10.0. The monoisotopic (exact) mass is 254 g/mol.